The third-order valence-electron chi connectivity index (χ3n) is 4.73. The number of guanidine groups is 1. The molecule has 1 saturated heterocycles. The monoisotopic (exact) mass is 314 g/mol. The van der Waals surface area contributed by atoms with E-state index >= 15 is 0 Å². The van der Waals surface area contributed by atoms with Gasteiger partial charge >= 0.3 is 5.96 Å². The van der Waals surface area contributed by atoms with Crippen molar-refractivity contribution < 1.29 is 23.0 Å². The van der Waals surface area contributed by atoms with Crippen LogP contribution in [0.4, 0.5) is 0 Å². The maximum absolute atomic E-state index is 6.39. The molecule has 1 aliphatic carbocycles. The summed E-state index contributed by atoms with van der Waals surface area (Å²) in [5.41, 5.74) is 0. The molecule has 128 valence electrons. The van der Waals surface area contributed by atoms with Crippen LogP contribution in [0.2, 0.25) is 0 Å². The van der Waals surface area contributed by atoms with E-state index in [2.05, 4.69) is 53.9 Å². The van der Waals surface area contributed by atoms with Gasteiger partial charge in [-0.25, -0.2) is 0 Å². The molecule has 0 aromatic carbocycles. The molecule has 0 amide bonds. The zero-order valence-corrected chi connectivity index (χ0v) is 15.7. The van der Waals surface area contributed by atoms with Gasteiger partial charge in [0.2, 0.25) is 0 Å². The second-order valence-electron chi connectivity index (χ2n) is 8.60. The molecule has 2 rings (SSSR count). The van der Waals surface area contributed by atoms with Crippen molar-refractivity contribution in [2.75, 3.05) is 62.5 Å². The van der Waals surface area contributed by atoms with Crippen molar-refractivity contribution in [3.05, 3.63) is 0 Å². The Morgan fingerprint density at radius 2 is 1.64 bits per heavy atom. The number of likely N-dealkylation sites (N-methyl/N-ethyl adjacent to an activating group) is 1. The largest absolute Gasteiger partial charge is 0.531 e. The van der Waals surface area contributed by atoms with Crippen molar-refractivity contribution in [3.63, 3.8) is 0 Å². The van der Waals surface area contributed by atoms with Gasteiger partial charge in [0.15, 0.2) is 5.79 Å². The van der Waals surface area contributed by atoms with Gasteiger partial charge in [0.05, 0.1) is 41.8 Å². The molecule has 22 heavy (non-hydrogen) atoms. The molecule has 0 bridgehead atoms. The summed E-state index contributed by atoms with van der Waals surface area (Å²) in [5.74, 6) is 1.09. The van der Waals surface area contributed by atoms with Crippen LogP contribution in [0, 0.1) is 0 Å². The Morgan fingerprint density at radius 1 is 1.05 bits per heavy atom. The van der Waals surface area contributed by atoms with E-state index in [1.807, 2.05) is 0 Å². The molecule has 1 saturated carbocycles. The van der Waals surface area contributed by atoms with Crippen molar-refractivity contribution in [2.24, 2.45) is 0 Å². The molecule has 2 aliphatic rings. The fraction of sp³-hybridized carbons (Fsp3) is 0.941. The second-order valence-corrected chi connectivity index (χ2v) is 8.60. The molecular weight excluding hydrogens is 278 g/mol. The first-order valence-corrected chi connectivity index (χ1v) is 8.57. The molecule has 1 spiro atoms. The minimum Gasteiger partial charge on any atom is -0.347 e. The van der Waals surface area contributed by atoms with Crippen LogP contribution >= 0.6 is 0 Å². The van der Waals surface area contributed by atoms with E-state index in [0.717, 1.165) is 35.0 Å². The molecule has 1 atom stereocenters. The van der Waals surface area contributed by atoms with Gasteiger partial charge in [0.1, 0.15) is 26.7 Å². The lowest BCUT2D eigenvalue weighted by Gasteiger charge is -2.34. The molecule has 0 N–H and O–H groups in total. The van der Waals surface area contributed by atoms with Gasteiger partial charge in [0.25, 0.3) is 0 Å². The maximum Gasteiger partial charge on any atom is 0.531 e. The van der Waals surface area contributed by atoms with E-state index in [1.165, 1.54) is 25.2 Å². The van der Waals surface area contributed by atoms with Crippen molar-refractivity contribution in [2.45, 2.75) is 44.0 Å². The molecular formula is C17H36N3O2+3. The Bertz CT molecular complexity index is 428. The van der Waals surface area contributed by atoms with Crippen LogP contribution in [0.25, 0.3) is 0 Å². The van der Waals surface area contributed by atoms with E-state index in [-0.39, 0.29) is 11.9 Å². The van der Waals surface area contributed by atoms with E-state index in [9.17, 15) is 0 Å². The smallest absolute Gasteiger partial charge is 0.347 e. The number of ether oxygens (including phenoxy) is 2. The number of nitrogens with zero attached hydrogens (tertiary/aromatic N) is 3. The summed E-state index contributed by atoms with van der Waals surface area (Å²) in [6, 6.07) is 0. The second kappa shape index (κ2) is 6.19. The Balaban J connectivity index is 2.08. The molecule has 0 aromatic heterocycles. The Labute approximate surface area is 136 Å². The quantitative estimate of drug-likeness (QED) is 0.333. The zero-order valence-electron chi connectivity index (χ0n) is 15.7. The van der Waals surface area contributed by atoms with E-state index in [4.69, 9.17) is 9.47 Å². The summed E-state index contributed by atoms with van der Waals surface area (Å²) in [6.07, 6.45) is 6.11. The normalized spacial score (nSPS) is 25.5. The fourth-order valence-corrected chi connectivity index (χ4v) is 4.60. The van der Waals surface area contributed by atoms with Gasteiger partial charge < -0.3 is 9.47 Å². The average Bonchev–Trinajstić information content (AvgIpc) is 2.68. The standard InChI is InChI=1S/C17H36N3O2/c1-18(2)16(19(3,4)5)20(6,7)13-15-14-21-17(22-15)11-9-8-10-12-17/h15H,8-14H2,1-7H3/q+3. The van der Waals surface area contributed by atoms with Gasteiger partial charge in [0, 0.05) is 12.8 Å². The average molecular weight is 314 g/mol. The minimum absolute atomic E-state index is 0.189. The van der Waals surface area contributed by atoms with E-state index in [0.29, 0.717) is 0 Å². The van der Waals surface area contributed by atoms with Gasteiger partial charge in [-0.05, 0) is 12.8 Å². The maximum atomic E-state index is 6.39. The molecule has 1 heterocycles. The van der Waals surface area contributed by atoms with Gasteiger partial charge in [-0.2, -0.15) is 8.97 Å². The van der Waals surface area contributed by atoms with E-state index in [1.54, 1.807) is 0 Å². The Morgan fingerprint density at radius 3 is 2.14 bits per heavy atom. The third kappa shape index (κ3) is 3.88. The lowest BCUT2D eigenvalue weighted by Crippen LogP contribution is -2.64. The molecule has 1 unspecified atom stereocenters. The first-order chi connectivity index (χ1) is 10.1. The SMILES string of the molecule is C[N+](C)=C([N+](C)(C)C)[N+](C)(C)CC1COC2(CCCCC2)O1. The molecule has 2 fully saturated rings. The zero-order chi connectivity index (χ0) is 16.6. The van der Waals surface area contributed by atoms with Crippen molar-refractivity contribution >= 4 is 5.96 Å². The number of quaternary nitrogens is 2. The predicted octanol–water partition coefficient (Wildman–Crippen LogP) is 1.47. The Hall–Kier alpha value is -0.490. The van der Waals surface area contributed by atoms with Gasteiger partial charge in [-0.15, -0.1) is 4.58 Å². The minimum atomic E-state index is -0.266. The van der Waals surface area contributed by atoms with Crippen LogP contribution in [0.15, 0.2) is 0 Å². The predicted molar refractivity (Wildman–Crippen MR) is 88.8 cm³/mol. The Kier molecular flexibility index (Phi) is 5.03. The number of rotatable bonds is 2. The summed E-state index contributed by atoms with van der Waals surface area (Å²) >= 11 is 0. The topological polar surface area (TPSA) is 21.5 Å². The van der Waals surface area contributed by atoms with Crippen LogP contribution in [-0.4, -0.2) is 93.9 Å². The lowest BCUT2D eigenvalue weighted by molar-refractivity contribution is -0.948. The summed E-state index contributed by atoms with van der Waals surface area (Å²) in [4.78, 5) is 0. The van der Waals surface area contributed by atoms with Crippen molar-refractivity contribution in [1.29, 1.82) is 0 Å². The van der Waals surface area contributed by atoms with Crippen LogP contribution in [-0.2, 0) is 9.47 Å². The van der Waals surface area contributed by atoms with Crippen LogP contribution in [0.1, 0.15) is 32.1 Å². The first kappa shape index (κ1) is 17.9. The highest BCUT2D eigenvalue weighted by Crippen LogP contribution is 2.38. The summed E-state index contributed by atoms with van der Waals surface area (Å²) in [6.45, 7) is 1.68. The summed E-state index contributed by atoms with van der Waals surface area (Å²) in [5, 5.41) is 0. The highest BCUT2D eigenvalue weighted by atomic mass is 16.7. The number of hydrogen-bond donors (Lipinski definition) is 0. The fourth-order valence-electron chi connectivity index (χ4n) is 4.60. The van der Waals surface area contributed by atoms with Crippen molar-refractivity contribution in [3.8, 4) is 0 Å². The van der Waals surface area contributed by atoms with Gasteiger partial charge in [-0.1, -0.05) is 6.42 Å². The molecule has 5 nitrogen and oxygen atoms in total. The number of hydrogen-bond acceptors (Lipinski definition) is 2. The highest BCUT2D eigenvalue weighted by molar-refractivity contribution is 5.59. The van der Waals surface area contributed by atoms with Crippen molar-refractivity contribution in [1.82, 2.24) is 0 Å². The first-order valence-electron chi connectivity index (χ1n) is 8.57. The van der Waals surface area contributed by atoms with Crippen LogP contribution in [0.5, 0.6) is 0 Å². The molecule has 1 aliphatic heterocycles. The molecule has 5 heteroatoms. The van der Waals surface area contributed by atoms with Gasteiger partial charge in [-0.3, -0.25) is 0 Å². The van der Waals surface area contributed by atoms with Crippen LogP contribution in [0.3, 0.4) is 0 Å². The third-order valence-corrected chi connectivity index (χ3v) is 4.73. The van der Waals surface area contributed by atoms with Crippen LogP contribution < -0.4 is 0 Å². The molecule has 0 radical (unpaired) electrons. The summed E-state index contributed by atoms with van der Waals surface area (Å²) in [7, 11) is 15.5. The molecule has 0 aromatic rings. The lowest BCUT2D eigenvalue weighted by atomic mass is 9.94. The van der Waals surface area contributed by atoms with E-state index < -0.39 is 0 Å². The highest BCUT2D eigenvalue weighted by Gasteiger charge is 2.49. The summed E-state index contributed by atoms with van der Waals surface area (Å²) < 4.78 is 16.4.